The molecule has 0 saturated carbocycles. The van der Waals surface area contributed by atoms with Gasteiger partial charge in [-0.1, -0.05) is 29.8 Å². The minimum Gasteiger partial charge on any atom is -0.351 e. The molecule has 0 radical (unpaired) electrons. The molecule has 4 amide bonds. The van der Waals surface area contributed by atoms with Crippen molar-refractivity contribution in [1.82, 2.24) is 15.5 Å². The number of benzene rings is 2. The van der Waals surface area contributed by atoms with Crippen molar-refractivity contribution in [3.05, 3.63) is 65.2 Å². The van der Waals surface area contributed by atoms with Gasteiger partial charge in [0.1, 0.15) is 0 Å². The molecule has 0 bridgehead atoms. The van der Waals surface area contributed by atoms with Crippen LogP contribution in [0, 0.1) is 6.92 Å². The molecule has 140 valence electrons. The lowest BCUT2D eigenvalue weighted by molar-refractivity contribution is -0.125. The third kappa shape index (κ3) is 5.10. The normalized spacial score (nSPS) is 13.6. The molecule has 2 N–H and O–H groups in total. The molecule has 27 heavy (non-hydrogen) atoms. The summed E-state index contributed by atoms with van der Waals surface area (Å²) in [6.45, 7) is 2.87. The summed E-state index contributed by atoms with van der Waals surface area (Å²) in [5.41, 5.74) is 2.58. The number of thioether (sulfide) groups is 1. The zero-order chi connectivity index (χ0) is 19.2. The van der Waals surface area contributed by atoms with E-state index in [0.29, 0.717) is 12.1 Å². The zero-order valence-electron chi connectivity index (χ0n) is 15.0. The first kappa shape index (κ1) is 19.0. The summed E-state index contributed by atoms with van der Waals surface area (Å²) < 4.78 is 0. The third-order valence-electron chi connectivity index (χ3n) is 4.17. The molecule has 0 aliphatic carbocycles. The van der Waals surface area contributed by atoms with Crippen molar-refractivity contribution in [3.63, 3.8) is 0 Å². The molecule has 2 aromatic rings. The molecule has 1 heterocycles. The van der Waals surface area contributed by atoms with E-state index in [2.05, 4.69) is 41.8 Å². The Hall–Kier alpha value is -2.80. The molecule has 1 aliphatic heterocycles. The lowest BCUT2D eigenvalue weighted by atomic mass is 10.1. The van der Waals surface area contributed by atoms with E-state index >= 15 is 0 Å². The van der Waals surface area contributed by atoms with Crippen molar-refractivity contribution >= 4 is 29.6 Å². The van der Waals surface area contributed by atoms with E-state index in [9.17, 15) is 14.4 Å². The van der Waals surface area contributed by atoms with Crippen LogP contribution < -0.4 is 10.6 Å². The second-order valence-electron chi connectivity index (χ2n) is 6.25. The standard InChI is InChI=1S/C20H21N3O3S/c1-14-2-8-17(9-3-14)27-11-10-21-19(25)16-6-4-15(5-7-16)13-23-18(24)12-22-20(23)26/h2-9H,10-13H2,1H3,(H,21,25)(H,22,26). The van der Waals surface area contributed by atoms with Crippen LogP contribution in [0.15, 0.2) is 53.4 Å². The van der Waals surface area contributed by atoms with Gasteiger partial charge in [-0.3, -0.25) is 14.5 Å². The summed E-state index contributed by atoms with van der Waals surface area (Å²) in [6, 6.07) is 14.8. The number of carbonyl (C=O) groups is 3. The van der Waals surface area contributed by atoms with Crippen LogP contribution in [0.2, 0.25) is 0 Å². The Balaban J connectivity index is 1.45. The largest absolute Gasteiger partial charge is 0.351 e. The highest BCUT2D eigenvalue weighted by Gasteiger charge is 2.28. The maximum absolute atomic E-state index is 12.2. The average molecular weight is 383 g/mol. The van der Waals surface area contributed by atoms with Gasteiger partial charge in [0.25, 0.3) is 5.91 Å². The van der Waals surface area contributed by atoms with Crippen molar-refractivity contribution in [2.45, 2.75) is 18.4 Å². The maximum Gasteiger partial charge on any atom is 0.324 e. The topological polar surface area (TPSA) is 78.5 Å². The predicted octanol–water partition coefficient (Wildman–Crippen LogP) is 2.57. The Morgan fingerprint density at radius 3 is 2.44 bits per heavy atom. The number of amides is 4. The summed E-state index contributed by atoms with van der Waals surface area (Å²) in [4.78, 5) is 37.7. The van der Waals surface area contributed by atoms with Crippen LogP contribution in [0.4, 0.5) is 4.79 Å². The van der Waals surface area contributed by atoms with Gasteiger partial charge in [0.15, 0.2) is 0 Å². The molecule has 6 nitrogen and oxygen atoms in total. The van der Waals surface area contributed by atoms with Crippen molar-refractivity contribution in [2.24, 2.45) is 0 Å². The van der Waals surface area contributed by atoms with E-state index in [4.69, 9.17) is 0 Å². The molecule has 1 fully saturated rings. The minimum atomic E-state index is -0.382. The lowest BCUT2D eigenvalue weighted by Crippen LogP contribution is -2.30. The van der Waals surface area contributed by atoms with Crippen molar-refractivity contribution in [2.75, 3.05) is 18.8 Å². The number of urea groups is 1. The number of nitrogens with one attached hydrogen (secondary N) is 2. The van der Waals surface area contributed by atoms with Gasteiger partial charge < -0.3 is 10.6 Å². The Kier molecular flexibility index (Phi) is 6.13. The molecule has 1 saturated heterocycles. The smallest absolute Gasteiger partial charge is 0.324 e. The average Bonchev–Trinajstić information content (AvgIpc) is 2.99. The van der Waals surface area contributed by atoms with Crippen LogP contribution >= 0.6 is 11.8 Å². The molecular formula is C20H21N3O3S. The molecule has 0 aromatic heterocycles. The van der Waals surface area contributed by atoms with Crippen LogP contribution in [0.25, 0.3) is 0 Å². The molecule has 7 heteroatoms. The number of carbonyl (C=O) groups excluding carboxylic acids is 3. The van der Waals surface area contributed by atoms with Gasteiger partial charge in [-0.25, -0.2) is 4.79 Å². The number of rotatable bonds is 7. The van der Waals surface area contributed by atoms with Crippen LogP contribution in [0.1, 0.15) is 21.5 Å². The molecule has 1 aliphatic rings. The van der Waals surface area contributed by atoms with E-state index in [1.807, 2.05) is 0 Å². The summed E-state index contributed by atoms with van der Waals surface area (Å²) in [6.07, 6.45) is 0. The van der Waals surface area contributed by atoms with Gasteiger partial charge >= 0.3 is 6.03 Å². The maximum atomic E-state index is 12.2. The highest BCUT2D eigenvalue weighted by Crippen LogP contribution is 2.17. The van der Waals surface area contributed by atoms with E-state index in [1.54, 1.807) is 36.0 Å². The Morgan fingerprint density at radius 1 is 1.11 bits per heavy atom. The van der Waals surface area contributed by atoms with Gasteiger partial charge in [-0.15, -0.1) is 11.8 Å². The molecule has 2 aromatic carbocycles. The molecule has 0 unspecified atom stereocenters. The monoisotopic (exact) mass is 383 g/mol. The molecule has 0 spiro atoms. The van der Waals surface area contributed by atoms with E-state index < -0.39 is 0 Å². The first-order valence-electron chi connectivity index (χ1n) is 8.68. The Bertz CT molecular complexity index is 819. The van der Waals surface area contributed by atoms with E-state index in [1.165, 1.54) is 10.5 Å². The highest BCUT2D eigenvalue weighted by molar-refractivity contribution is 7.99. The second-order valence-corrected chi connectivity index (χ2v) is 7.42. The fourth-order valence-corrected chi connectivity index (χ4v) is 3.40. The number of aryl methyl sites for hydroxylation is 1. The zero-order valence-corrected chi connectivity index (χ0v) is 15.8. The third-order valence-corrected chi connectivity index (χ3v) is 5.18. The molecule has 0 atom stereocenters. The number of nitrogens with zero attached hydrogens (tertiary/aromatic N) is 1. The lowest BCUT2D eigenvalue weighted by Gasteiger charge is -2.12. The molecule has 3 rings (SSSR count). The van der Waals surface area contributed by atoms with E-state index in [0.717, 1.165) is 16.2 Å². The van der Waals surface area contributed by atoms with E-state index in [-0.39, 0.29) is 30.9 Å². The fourth-order valence-electron chi connectivity index (χ4n) is 2.63. The van der Waals surface area contributed by atoms with Gasteiger partial charge in [-0.2, -0.15) is 0 Å². The summed E-state index contributed by atoms with van der Waals surface area (Å²) in [5.74, 6) is 0.410. The quantitative estimate of drug-likeness (QED) is 0.438. The van der Waals surface area contributed by atoms with Gasteiger partial charge in [0.05, 0.1) is 13.1 Å². The van der Waals surface area contributed by atoms with Crippen molar-refractivity contribution in [1.29, 1.82) is 0 Å². The first-order valence-corrected chi connectivity index (χ1v) is 9.66. The number of hydrogen-bond donors (Lipinski definition) is 2. The van der Waals surface area contributed by atoms with Gasteiger partial charge in [0, 0.05) is 22.8 Å². The summed E-state index contributed by atoms with van der Waals surface area (Å²) >= 11 is 1.70. The first-order chi connectivity index (χ1) is 13.0. The summed E-state index contributed by atoms with van der Waals surface area (Å²) in [7, 11) is 0. The van der Waals surface area contributed by atoms with Crippen LogP contribution in [0.5, 0.6) is 0 Å². The van der Waals surface area contributed by atoms with Gasteiger partial charge in [-0.05, 0) is 36.8 Å². The van der Waals surface area contributed by atoms with Gasteiger partial charge in [0.2, 0.25) is 5.91 Å². The SMILES string of the molecule is Cc1ccc(SCCNC(=O)c2ccc(CN3C(=O)CNC3=O)cc2)cc1. The van der Waals surface area contributed by atoms with Crippen LogP contribution in [-0.2, 0) is 11.3 Å². The highest BCUT2D eigenvalue weighted by atomic mass is 32.2. The number of hydrogen-bond acceptors (Lipinski definition) is 4. The van der Waals surface area contributed by atoms with Crippen LogP contribution in [-0.4, -0.2) is 41.6 Å². The summed E-state index contributed by atoms with van der Waals surface area (Å²) in [5, 5.41) is 5.38. The Labute approximate surface area is 162 Å². The van der Waals surface area contributed by atoms with Crippen molar-refractivity contribution in [3.8, 4) is 0 Å². The van der Waals surface area contributed by atoms with Crippen molar-refractivity contribution < 1.29 is 14.4 Å². The second kappa shape index (κ2) is 8.73. The predicted molar refractivity (Wildman–Crippen MR) is 105 cm³/mol. The minimum absolute atomic E-state index is 0.0416. The molecular weight excluding hydrogens is 362 g/mol. The fraction of sp³-hybridized carbons (Fsp3) is 0.250. The van der Waals surface area contributed by atoms with Crippen LogP contribution in [0.3, 0.4) is 0 Å². The Morgan fingerprint density at radius 2 is 1.81 bits per heavy atom. The number of imide groups is 1.